The fourth-order valence-electron chi connectivity index (χ4n) is 2.68. The van der Waals surface area contributed by atoms with Crippen LogP contribution in [0.15, 0.2) is 65.1 Å². The summed E-state index contributed by atoms with van der Waals surface area (Å²) in [7, 11) is 0. The van der Waals surface area contributed by atoms with Crippen molar-refractivity contribution in [3.8, 4) is 17.2 Å². The Kier molecular flexibility index (Phi) is 4.57. The molecule has 0 atom stereocenters. The van der Waals surface area contributed by atoms with Crippen molar-refractivity contribution in [2.45, 2.75) is 10.9 Å². The lowest BCUT2D eigenvalue weighted by atomic mass is 10.00. The minimum Gasteiger partial charge on any atom is -0.383 e. The Morgan fingerprint density at radius 1 is 1.04 bits per heavy atom. The summed E-state index contributed by atoms with van der Waals surface area (Å²) < 4.78 is 0. The van der Waals surface area contributed by atoms with Gasteiger partial charge in [-0.05, 0) is 34.2 Å². The lowest BCUT2D eigenvalue weighted by molar-refractivity contribution is 1.02. The molecule has 0 bridgehead atoms. The van der Waals surface area contributed by atoms with Crippen molar-refractivity contribution in [1.82, 2.24) is 9.97 Å². The van der Waals surface area contributed by atoms with Crippen molar-refractivity contribution in [3.05, 3.63) is 71.1 Å². The minimum absolute atomic E-state index is 0.530. The second-order valence-corrected chi connectivity index (χ2v) is 7.51. The van der Waals surface area contributed by atoms with E-state index in [1.54, 1.807) is 23.1 Å². The van der Waals surface area contributed by atoms with Gasteiger partial charge in [-0.1, -0.05) is 54.2 Å². The molecule has 0 saturated carbocycles. The van der Waals surface area contributed by atoms with E-state index in [4.69, 9.17) is 5.73 Å². The Morgan fingerprint density at radius 3 is 2.65 bits per heavy atom. The van der Waals surface area contributed by atoms with Crippen LogP contribution in [-0.4, -0.2) is 9.97 Å². The van der Waals surface area contributed by atoms with Gasteiger partial charge in [-0.15, -0.1) is 11.3 Å². The zero-order valence-corrected chi connectivity index (χ0v) is 15.3. The maximum Gasteiger partial charge on any atom is 0.191 e. The topological polar surface area (TPSA) is 75.6 Å². The molecule has 0 spiro atoms. The van der Waals surface area contributed by atoms with Crippen LogP contribution < -0.4 is 5.73 Å². The molecule has 2 heterocycles. The molecule has 0 aliphatic heterocycles. The molecule has 4 rings (SSSR count). The predicted molar refractivity (Wildman–Crippen MR) is 108 cm³/mol. The van der Waals surface area contributed by atoms with Crippen molar-refractivity contribution < 1.29 is 0 Å². The quantitative estimate of drug-likeness (QED) is 0.397. The minimum atomic E-state index is 0.530. The maximum absolute atomic E-state index is 9.25. The van der Waals surface area contributed by atoms with E-state index in [1.807, 2.05) is 47.8 Å². The summed E-state index contributed by atoms with van der Waals surface area (Å²) in [5.74, 6) is 1.29. The largest absolute Gasteiger partial charge is 0.383 e. The number of nitrogens with zero attached hydrogens (tertiary/aromatic N) is 3. The van der Waals surface area contributed by atoms with Gasteiger partial charge in [-0.3, -0.25) is 0 Å². The number of thiophene rings is 1. The molecule has 0 unspecified atom stereocenters. The highest BCUT2D eigenvalue weighted by Gasteiger charge is 2.08. The second-order valence-electron chi connectivity index (χ2n) is 5.67. The first-order valence-electron chi connectivity index (χ1n) is 7.96. The Labute approximate surface area is 159 Å². The number of nitriles is 1. The van der Waals surface area contributed by atoms with E-state index in [0.29, 0.717) is 16.5 Å². The number of thioether (sulfide) groups is 1. The highest BCUT2D eigenvalue weighted by Crippen LogP contribution is 2.29. The third-order valence-electron chi connectivity index (χ3n) is 4.01. The SMILES string of the molecule is N#Cc1ccccc1-c1ccc(CSc2nc(N)c3ccsc3n2)cc1. The van der Waals surface area contributed by atoms with Crippen LogP contribution in [-0.2, 0) is 5.75 Å². The summed E-state index contributed by atoms with van der Waals surface area (Å²) in [6.07, 6.45) is 0. The van der Waals surface area contributed by atoms with Crippen molar-refractivity contribution >= 4 is 39.1 Å². The van der Waals surface area contributed by atoms with E-state index < -0.39 is 0 Å². The molecule has 0 amide bonds. The van der Waals surface area contributed by atoms with Crippen LogP contribution in [0.4, 0.5) is 5.82 Å². The molecule has 2 aromatic carbocycles. The Balaban J connectivity index is 1.51. The van der Waals surface area contributed by atoms with Crippen molar-refractivity contribution in [2.75, 3.05) is 5.73 Å². The molecule has 2 aromatic heterocycles. The van der Waals surface area contributed by atoms with Gasteiger partial charge < -0.3 is 5.73 Å². The molecule has 0 aliphatic carbocycles. The smallest absolute Gasteiger partial charge is 0.191 e. The Bertz CT molecular complexity index is 1110. The zero-order valence-electron chi connectivity index (χ0n) is 13.7. The maximum atomic E-state index is 9.25. The van der Waals surface area contributed by atoms with Crippen LogP contribution in [0.5, 0.6) is 0 Å². The molecular formula is C20H14N4S2. The van der Waals surface area contributed by atoms with E-state index in [9.17, 15) is 5.26 Å². The standard InChI is InChI=1S/C20H14N4S2/c21-11-15-3-1-2-4-16(15)14-7-5-13(6-8-14)12-26-20-23-18(22)17-9-10-25-19(17)24-20/h1-10H,12H2,(H2,22,23,24). The number of hydrogen-bond acceptors (Lipinski definition) is 6. The van der Waals surface area contributed by atoms with Crippen molar-refractivity contribution in [2.24, 2.45) is 0 Å². The van der Waals surface area contributed by atoms with Gasteiger partial charge in [-0.2, -0.15) is 5.26 Å². The molecule has 4 aromatic rings. The number of aromatic nitrogens is 2. The number of nitrogen functional groups attached to an aromatic ring is 1. The van der Waals surface area contributed by atoms with E-state index in [2.05, 4.69) is 28.2 Å². The van der Waals surface area contributed by atoms with Gasteiger partial charge in [0, 0.05) is 5.75 Å². The monoisotopic (exact) mass is 374 g/mol. The summed E-state index contributed by atoms with van der Waals surface area (Å²) in [6.45, 7) is 0. The fourth-order valence-corrected chi connectivity index (χ4v) is 4.32. The molecule has 126 valence electrons. The lowest BCUT2D eigenvalue weighted by Gasteiger charge is -2.06. The first-order valence-corrected chi connectivity index (χ1v) is 9.83. The predicted octanol–water partition coefficient (Wildman–Crippen LogP) is 5.10. The van der Waals surface area contributed by atoms with Gasteiger partial charge in [-0.25, -0.2) is 9.97 Å². The van der Waals surface area contributed by atoms with Crippen LogP contribution >= 0.6 is 23.1 Å². The summed E-state index contributed by atoms with van der Waals surface area (Å²) in [5, 5.41) is 12.8. The summed E-state index contributed by atoms with van der Waals surface area (Å²) in [5.41, 5.74) is 9.84. The van der Waals surface area contributed by atoms with Crippen LogP contribution in [0.25, 0.3) is 21.3 Å². The summed E-state index contributed by atoms with van der Waals surface area (Å²) in [6, 6.07) is 20.1. The molecule has 0 fully saturated rings. The van der Waals surface area contributed by atoms with Crippen LogP contribution in [0.2, 0.25) is 0 Å². The molecule has 0 aliphatic rings. The highest BCUT2D eigenvalue weighted by atomic mass is 32.2. The normalized spacial score (nSPS) is 10.7. The van der Waals surface area contributed by atoms with Crippen LogP contribution in [0, 0.1) is 11.3 Å². The fraction of sp³-hybridized carbons (Fsp3) is 0.0500. The third kappa shape index (κ3) is 3.27. The molecule has 4 nitrogen and oxygen atoms in total. The summed E-state index contributed by atoms with van der Waals surface area (Å²) in [4.78, 5) is 9.85. The Hall–Kier alpha value is -2.88. The number of benzene rings is 2. The lowest BCUT2D eigenvalue weighted by Crippen LogP contribution is -1.95. The van der Waals surface area contributed by atoms with E-state index in [1.165, 1.54) is 5.56 Å². The number of nitrogens with two attached hydrogens (primary N) is 1. The third-order valence-corrected chi connectivity index (χ3v) is 5.74. The summed E-state index contributed by atoms with van der Waals surface area (Å²) >= 11 is 3.14. The first kappa shape index (κ1) is 16.6. The van der Waals surface area contributed by atoms with Gasteiger partial charge in [0.05, 0.1) is 17.0 Å². The van der Waals surface area contributed by atoms with E-state index >= 15 is 0 Å². The van der Waals surface area contributed by atoms with Gasteiger partial charge in [0.15, 0.2) is 5.16 Å². The van der Waals surface area contributed by atoms with E-state index in [-0.39, 0.29) is 0 Å². The number of hydrogen-bond donors (Lipinski definition) is 1. The van der Waals surface area contributed by atoms with Crippen LogP contribution in [0.1, 0.15) is 11.1 Å². The molecular weight excluding hydrogens is 360 g/mol. The average Bonchev–Trinajstić information content (AvgIpc) is 3.16. The molecule has 26 heavy (non-hydrogen) atoms. The van der Waals surface area contributed by atoms with Crippen molar-refractivity contribution in [3.63, 3.8) is 0 Å². The first-order chi connectivity index (χ1) is 12.7. The molecule has 2 N–H and O–H groups in total. The van der Waals surface area contributed by atoms with Crippen LogP contribution in [0.3, 0.4) is 0 Å². The van der Waals surface area contributed by atoms with Crippen molar-refractivity contribution in [1.29, 1.82) is 5.26 Å². The van der Waals surface area contributed by atoms with Gasteiger partial charge in [0.25, 0.3) is 0 Å². The molecule has 6 heteroatoms. The average molecular weight is 374 g/mol. The van der Waals surface area contributed by atoms with E-state index in [0.717, 1.165) is 27.1 Å². The Morgan fingerprint density at radius 2 is 1.85 bits per heavy atom. The second kappa shape index (κ2) is 7.16. The number of rotatable bonds is 4. The molecule has 0 radical (unpaired) electrons. The highest BCUT2D eigenvalue weighted by molar-refractivity contribution is 7.98. The van der Waals surface area contributed by atoms with Gasteiger partial charge in [0.1, 0.15) is 10.6 Å². The number of anilines is 1. The number of fused-ring (bicyclic) bond motifs is 1. The van der Waals surface area contributed by atoms with Gasteiger partial charge in [0.2, 0.25) is 0 Å². The molecule has 0 saturated heterocycles. The van der Waals surface area contributed by atoms with Gasteiger partial charge >= 0.3 is 0 Å². The zero-order chi connectivity index (χ0) is 17.9.